The summed E-state index contributed by atoms with van der Waals surface area (Å²) in [6.07, 6.45) is 1.79. The smallest absolute Gasteiger partial charge is 0.261 e. The van der Waals surface area contributed by atoms with E-state index in [0.29, 0.717) is 0 Å². The molecule has 0 aliphatic heterocycles. The summed E-state index contributed by atoms with van der Waals surface area (Å²) in [5.41, 5.74) is 5.04. The largest absolute Gasteiger partial charge is 0.361 e. The van der Waals surface area contributed by atoms with Gasteiger partial charge in [-0.15, -0.1) is 0 Å². The highest BCUT2D eigenvalue weighted by atomic mass is 127. The summed E-state index contributed by atoms with van der Waals surface area (Å²) in [6, 6.07) is 20.6. The zero-order valence-corrected chi connectivity index (χ0v) is 19.7. The van der Waals surface area contributed by atoms with Crippen LogP contribution in [0.15, 0.2) is 83.9 Å². The van der Waals surface area contributed by atoms with Crippen LogP contribution in [0.2, 0.25) is 0 Å². The van der Waals surface area contributed by atoms with Gasteiger partial charge in [-0.25, -0.2) is 13.9 Å². The zero-order valence-electron chi connectivity index (χ0n) is 16.7. The van der Waals surface area contributed by atoms with Gasteiger partial charge in [-0.1, -0.05) is 42.5 Å². The SMILES string of the molecule is O=C(NO)C(Cc1c[nH]c2ccccc12)NS(=O)(=O)c1ccc(-c2ccc(I)cc2)cc1. The molecular formula is C23H20IN3O4S. The number of aromatic nitrogens is 1. The van der Waals surface area contributed by atoms with E-state index in [0.717, 1.165) is 31.2 Å². The van der Waals surface area contributed by atoms with E-state index in [1.165, 1.54) is 12.1 Å². The van der Waals surface area contributed by atoms with Crippen molar-refractivity contribution in [2.45, 2.75) is 17.4 Å². The van der Waals surface area contributed by atoms with Crippen molar-refractivity contribution in [1.29, 1.82) is 0 Å². The molecule has 0 saturated heterocycles. The van der Waals surface area contributed by atoms with Gasteiger partial charge < -0.3 is 4.98 Å². The molecule has 1 heterocycles. The Morgan fingerprint density at radius 3 is 2.25 bits per heavy atom. The fraction of sp³-hybridized carbons (Fsp3) is 0.0870. The molecule has 1 atom stereocenters. The summed E-state index contributed by atoms with van der Waals surface area (Å²) in [5, 5.41) is 10.0. The number of sulfonamides is 1. The van der Waals surface area contributed by atoms with E-state index < -0.39 is 22.0 Å². The number of hydrogen-bond acceptors (Lipinski definition) is 4. The molecule has 1 unspecified atom stereocenters. The van der Waals surface area contributed by atoms with Crippen molar-refractivity contribution in [3.63, 3.8) is 0 Å². The number of nitrogens with one attached hydrogen (secondary N) is 3. The maximum Gasteiger partial charge on any atom is 0.261 e. The number of carbonyl (C=O) groups excluding carboxylic acids is 1. The van der Waals surface area contributed by atoms with Crippen LogP contribution in [0, 0.1) is 3.57 Å². The lowest BCUT2D eigenvalue weighted by atomic mass is 10.1. The molecule has 0 radical (unpaired) electrons. The standard InChI is InChI=1S/C23H20IN3O4S/c24-18-9-5-15(6-10-18)16-7-11-19(12-8-16)32(30,31)27-22(23(28)26-29)13-17-14-25-21-4-2-1-3-20(17)21/h1-12,14,22,25,27,29H,13H2,(H,26,28). The van der Waals surface area contributed by atoms with Crippen LogP contribution in [0.25, 0.3) is 22.0 Å². The number of fused-ring (bicyclic) bond motifs is 1. The van der Waals surface area contributed by atoms with Gasteiger partial charge in [0, 0.05) is 20.7 Å². The van der Waals surface area contributed by atoms with Gasteiger partial charge >= 0.3 is 0 Å². The average Bonchev–Trinajstić information content (AvgIpc) is 3.21. The van der Waals surface area contributed by atoms with E-state index in [4.69, 9.17) is 5.21 Å². The van der Waals surface area contributed by atoms with Crippen LogP contribution < -0.4 is 10.2 Å². The lowest BCUT2D eigenvalue weighted by Crippen LogP contribution is -2.47. The summed E-state index contributed by atoms with van der Waals surface area (Å²) in [4.78, 5) is 15.4. The molecule has 0 saturated carbocycles. The lowest BCUT2D eigenvalue weighted by molar-refractivity contribution is -0.130. The van der Waals surface area contributed by atoms with Gasteiger partial charge in [-0.2, -0.15) is 4.72 Å². The normalized spacial score (nSPS) is 12.6. The van der Waals surface area contributed by atoms with E-state index in [-0.39, 0.29) is 11.3 Å². The molecule has 0 fully saturated rings. The maximum atomic E-state index is 13.0. The number of hydroxylamine groups is 1. The molecule has 1 aromatic heterocycles. The summed E-state index contributed by atoms with van der Waals surface area (Å²) in [5.74, 6) is -0.839. The van der Waals surface area contributed by atoms with E-state index in [1.54, 1.807) is 23.8 Å². The fourth-order valence-corrected chi connectivity index (χ4v) is 5.07. The molecule has 0 bridgehead atoms. The summed E-state index contributed by atoms with van der Waals surface area (Å²) in [6.45, 7) is 0. The van der Waals surface area contributed by atoms with E-state index >= 15 is 0 Å². The van der Waals surface area contributed by atoms with Crippen LogP contribution in [0.5, 0.6) is 0 Å². The molecule has 32 heavy (non-hydrogen) atoms. The van der Waals surface area contributed by atoms with Gasteiger partial charge in [0.2, 0.25) is 10.0 Å². The van der Waals surface area contributed by atoms with E-state index in [1.807, 2.05) is 48.5 Å². The summed E-state index contributed by atoms with van der Waals surface area (Å²) < 4.78 is 29.5. The number of amides is 1. The first kappa shape index (κ1) is 22.5. The van der Waals surface area contributed by atoms with Crippen LogP contribution in [0.1, 0.15) is 5.56 Å². The van der Waals surface area contributed by atoms with Gasteiger partial charge in [0.1, 0.15) is 6.04 Å². The molecular weight excluding hydrogens is 541 g/mol. The van der Waals surface area contributed by atoms with Crippen molar-refractivity contribution in [2.24, 2.45) is 0 Å². The molecule has 4 N–H and O–H groups in total. The van der Waals surface area contributed by atoms with Crippen molar-refractivity contribution < 1.29 is 18.4 Å². The van der Waals surface area contributed by atoms with Crippen molar-refractivity contribution in [3.05, 3.63) is 88.1 Å². The number of para-hydroxylation sites is 1. The first-order chi connectivity index (χ1) is 15.4. The van der Waals surface area contributed by atoms with Crippen molar-refractivity contribution in [3.8, 4) is 11.1 Å². The first-order valence-corrected chi connectivity index (χ1v) is 12.3. The molecule has 1 amide bonds. The Bertz CT molecular complexity index is 1350. The number of benzene rings is 3. The Hall–Kier alpha value is -2.73. The first-order valence-electron chi connectivity index (χ1n) is 9.74. The van der Waals surface area contributed by atoms with Gasteiger partial charge in [0.05, 0.1) is 4.90 Å². The third-order valence-electron chi connectivity index (χ3n) is 5.17. The van der Waals surface area contributed by atoms with Gasteiger partial charge in [-0.05, 0) is 76.0 Å². The van der Waals surface area contributed by atoms with Gasteiger partial charge in [0.25, 0.3) is 5.91 Å². The maximum absolute atomic E-state index is 13.0. The number of hydrogen-bond donors (Lipinski definition) is 4. The summed E-state index contributed by atoms with van der Waals surface area (Å²) in [7, 11) is -4.01. The van der Waals surface area contributed by atoms with Crippen LogP contribution in [-0.4, -0.2) is 30.6 Å². The Morgan fingerprint density at radius 2 is 1.59 bits per heavy atom. The van der Waals surface area contributed by atoms with E-state index in [9.17, 15) is 13.2 Å². The monoisotopic (exact) mass is 561 g/mol. The molecule has 164 valence electrons. The Balaban J connectivity index is 1.57. The van der Waals surface area contributed by atoms with Crippen LogP contribution in [-0.2, 0) is 21.2 Å². The molecule has 4 rings (SSSR count). The molecule has 7 nitrogen and oxygen atoms in total. The second kappa shape index (κ2) is 9.41. The van der Waals surface area contributed by atoms with E-state index in [2.05, 4.69) is 32.3 Å². The molecule has 3 aromatic carbocycles. The second-order valence-corrected chi connectivity index (χ2v) is 10.2. The van der Waals surface area contributed by atoms with Gasteiger partial charge in [-0.3, -0.25) is 10.0 Å². The Labute approximate surface area is 199 Å². The Morgan fingerprint density at radius 1 is 0.969 bits per heavy atom. The van der Waals surface area contributed by atoms with Crippen molar-refractivity contribution >= 4 is 49.4 Å². The minimum Gasteiger partial charge on any atom is -0.361 e. The minimum absolute atomic E-state index is 0.0291. The highest BCUT2D eigenvalue weighted by Crippen LogP contribution is 2.23. The minimum atomic E-state index is -4.01. The number of rotatable bonds is 7. The number of H-pyrrole nitrogens is 1. The predicted molar refractivity (Wildman–Crippen MR) is 131 cm³/mol. The second-order valence-electron chi connectivity index (χ2n) is 7.24. The van der Waals surface area contributed by atoms with Crippen LogP contribution in [0.4, 0.5) is 0 Å². The topological polar surface area (TPSA) is 111 Å². The highest BCUT2D eigenvalue weighted by Gasteiger charge is 2.27. The van der Waals surface area contributed by atoms with Crippen LogP contribution in [0.3, 0.4) is 0 Å². The molecule has 0 spiro atoms. The predicted octanol–water partition coefficient (Wildman–Crippen LogP) is 3.83. The number of carbonyl (C=O) groups is 1. The van der Waals surface area contributed by atoms with Crippen molar-refractivity contribution in [2.75, 3.05) is 0 Å². The van der Waals surface area contributed by atoms with Crippen LogP contribution >= 0.6 is 22.6 Å². The van der Waals surface area contributed by atoms with Crippen molar-refractivity contribution in [1.82, 2.24) is 15.2 Å². The average molecular weight is 561 g/mol. The zero-order chi connectivity index (χ0) is 22.7. The molecule has 0 aliphatic rings. The quantitative estimate of drug-likeness (QED) is 0.156. The number of aromatic amines is 1. The molecule has 0 aliphatic carbocycles. The highest BCUT2D eigenvalue weighted by molar-refractivity contribution is 14.1. The third-order valence-corrected chi connectivity index (χ3v) is 7.37. The van der Waals surface area contributed by atoms with Gasteiger partial charge in [0.15, 0.2) is 0 Å². The molecule has 9 heteroatoms. The fourth-order valence-electron chi connectivity index (χ4n) is 3.51. The number of halogens is 1. The summed E-state index contributed by atoms with van der Waals surface area (Å²) >= 11 is 2.22. The Kier molecular flexibility index (Phi) is 6.60. The third kappa shape index (κ3) is 4.85. The molecule has 4 aromatic rings. The lowest BCUT2D eigenvalue weighted by Gasteiger charge is -2.17.